The molecule has 4 heteroatoms. The Bertz CT molecular complexity index is 666. The first-order valence-electron chi connectivity index (χ1n) is 9.30. The van der Waals surface area contributed by atoms with Crippen LogP contribution in [0.15, 0.2) is 47.1 Å². The summed E-state index contributed by atoms with van der Waals surface area (Å²) < 4.78 is 10.8. The molecule has 1 saturated heterocycles. The second-order valence-corrected chi connectivity index (χ2v) is 6.78. The third-order valence-electron chi connectivity index (χ3n) is 4.83. The van der Waals surface area contributed by atoms with Gasteiger partial charge in [-0.05, 0) is 42.5 Å². The summed E-state index contributed by atoms with van der Waals surface area (Å²) in [4.78, 5) is 11.2. The maximum absolute atomic E-state index is 11.2. The van der Waals surface area contributed by atoms with E-state index in [0.717, 1.165) is 24.2 Å². The SMILES string of the molecule is NC(=O)C1OC1c1ccccc1CCCCCCCCc1ccco1. The van der Waals surface area contributed by atoms with Crippen LogP contribution in [0.2, 0.25) is 0 Å². The average molecular weight is 341 g/mol. The van der Waals surface area contributed by atoms with Crippen molar-refractivity contribution in [2.24, 2.45) is 5.73 Å². The second kappa shape index (κ2) is 8.86. The van der Waals surface area contributed by atoms with Crippen LogP contribution >= 0.6 is 0 Å². The summed E-state index contributed by atoms with van der Waals surface area (Å²) in [6, 6.07) is 12.2. The van der Waals surface area contributed by atoms with Gasteiger partial charge < -0.3 is 14.9 Å². The molecule has 4 nitrogen and oxygen atoms in total. The Morgan fingerprint density at radius 2 is 1.64 bits per heavy atom. The Hall–Kier alpha value is -2.07. The highest BCUT2D eigenvalue weighted by Crippen LogP contribution is 2.40. The van der Waals surface area contributed by atoms with E-state index < -0.39 is 6.10 Å². The fourth-order valence-electron chi connectivity index (χ4n) is 3.38. The summed E-state index contributed by atoms with van der Waals surface area (Å²) in [6.45, 7) is 0. The van der Waals surface area contributed by atoms with Gasteiger partial charge in [-0.15, -0.1) is 0 Å². The second-order valence-electron chi connectivity index (χ2n) is 6.78. The fraction of sp³-hybridized carbons (Fsp3) is 0.476. The molecule has 134 valence electrons. The van der Waals surface area contributed by atoms with E-state index in [0.29, 0.717) is 0 Å². The fourth-order valence-corrected chi connectivity index (χ4v) is 3.38. The molecule has 2 aromatic rings. The van der Waals surface area contributed by atoms with Crippen LogP contribution in [0.5, 0.6) is 0 Å². The van der Waals surface area contributed by atoms with Crippen LogP contribution in [0.3, 0.4) is 0 Å². The lowest BCUT2D eigenvalue weighted by molar-refractivity contribution is -0.119. The number of hydrogen-bond donors (Lipinski definition) is 1. The van der Waals surface area contributed by atoms with Crippen molar-refractivity contribution in [3.8, 4) is 0 Å². The summed E-state index contributed by atoms with van der Waals surface area (Å²) in [5.41, 5.74) is 7.73. The zero-order valence-electron chi connectivity index (χ0n) is 14.7. The van der Waals surface area contributed by atoms with Gasteiger partial charge in [0.2, 0.25) is 5.91 Å². The van der Waals surface area contributed by atoms with Gasteiger partial charge in [0.15, 0.2) is 6.10 Å². The summed E-state index contributed by atoms with van der Waals surface area (Å²) in [6.07, 6.45) is 10.7. The number of epoxide rings is 1. The molecule has 2 atom stereocenters. The van der Waals surface area contributed by atoms with Crippen LogP contribution in [0, 0.1) is 0 Å². The number of carbonyl (C=O) groups is 1. The zero-order chi connectivity index (χ0) is 17.5. The number of amides is 1. The molecule has 2 N–H and O–H groups in total. The molecule has 0 bridgehead atoms. The molecule has 3 rings (SSSR count). The van der Waals surface area contributed by atoms with Crippen LogP contribution in [0.1, 0.15) is 61.5 Å². The molecule has 0 aliphatic carbocycles. The number of carbonyl (C=O) groups excluding carboxylic acids is 1. The van der Waals surface area contributed by atoms with Crippen molar-refractivity contribution in [2.75, 3.05) is 0 Å². The third kappa shape index (κ3) is 5.20. The Morgan fingerprint density at radius 1 is 0.920 bits per heavy atom. The number of benzene rings is 1. The van der Waals surface area contributed by atoms with Gasteiger partial charge in [-0.1, -0.05) is 49.9 Å². The minimum absolute atomic E-state index is 0.129. The number of rotatable bonds is 11. The molecule has 1 aliphatic rings. The van der Waals surface area contributed by atoms with E-state index in [9.17, 15) is 4.79 Å². The number of aryl methyl sites for hydroxylation is 2. The van der Waals surface area contributed by atoms with Crippen LogP contribution in [0.4, 0.5) is 0 Å². The first-order chi connectivity index (χ1) is 12.3. The number of primary amides is 1. The molecule has 1 aromatic carbocycles. The molecule has 1 aromatic heterocycles. The molecule has 0 radical (unpaired) electrons. The smallest absolute Gasteiger partial charge is 0.249 e. The largest absolute Gasteiger partial charge is 0.469 e. The van der Waals surface area contributed by atoms with Crippen molar-refractivity contribution < 1.29 is 13.9 Å². The van der Waals surface area contributed by atoms with Crippen LogP contribution in [-0.2, 0) is 22.4 Å². The van der Waals surface area contributed by atoms with Crippen molar-refractivity contribution >= 4 is 5.91 Å². The van der Waals surface area contributed by atoms with E-state index in [1.165, 1.54) is 44.1 Å². The minimum Gasteiger partial charge on any atom is -0.469 e. The highest BCUT2D eigenvalue weighted by molar-refractivity contribution is 5.82. The molecule has 0 spiro atoms. The minimum atomic E-state index is -0.435. The van der Waals surface area contributed by atoms with Crippen LogP contribution < -0.4 is 5.73 Å². The lowest BCUT2D eigenvalue weighted by Gasteiger charge is -2.07. The van der Waals surface area contributed by atoms with E-state index in [4.69, 9.17) is 14.9 Å². The zero-order valence-corrected chi connectivity index (χ0v) is 14.7. The van der Waals surface area contributed by atoms with E-state index in [1.54, 1.807) is 6.26 Å². The maximum Gasteiger partial charge on any atom is 0.249 e. The number of hydrogen-bond acceptors (Lipinski definition) is 3. The Kier molecular flexibility index (Phi) is 6.29. The topological polar surface area (TPSA) is 68.8 Å². The Balaban J connectivity index is 1.31. The average Bonchev–Trinajstić information content (AvgIpc) is 3.26. The number of nitrogens with two attached hydrogens (primary N) is 1. The third-order valence-corrected chi connectivity index (χ3v) is 4.83. The highest BCUT2D eigenvalue weighted by atomic mass is 16.6. The standard InChI is InChI=1S/C21H27NO3/c22-21(23)20-19(25-20)18-14-8-7-11-16(18)10-5-3-1-2-4-6-12-17-13-9-15-24-17/h7-9,11,13-15,19-20H,1-6,10,12H2,(H2,22,23). The maximum atomic E-state index is 11.2. The van der Waals surface area contributed by atoms with Crippen molar-refractivity contribution in [3.05, 3.63) is 59.5 Å². The molecule has 25 heavy (non-hydrogen) atoms. The van der Waals surface area contributed by atoms with E-state index in [1.807, 2.05) is 18.2 Å². The summed E-state index contributed by atoms with van der Waals surface area (Å²) >= 11 is 0. The molecule has 2 heterocycles. The van der Waals surface area contributed by atoms with Gasteiger partial charge in [0.1, 0.15) is 11.9 Å². The normalized spacial score (nSPS) is 19.0. The van der Waals surface area contributed by atoms with Crippen molar-refractivity contribution in [2.45, 2.75) is 63.6 Å². The lowest BCUT2D eigenvalue weighted by atomic mass is 9.97. The van der Waals surface area contributed by atoms with Gasteiger partial charge >= 0.3 is 0 Å². The van der Waals surface area contributed by atoms with Crippen molar-refractivity contribution in [1.82, 2.24) is 0 Å². The number of furan rings is 1. The van der Waals surface area contributed by atoms with Crippen LogP contribution in [0.25, 0.3) is 0 Å². The first kappa shape index (κ1) is 17.7. The monoisotopic (exact) mass is 341 g/mol. The van der Waals surface area contributed by atoms with Gasteiger partial charge in [0, 0.05) is 6.42 Å². The summed E-state index contributed by atoms with van der Waals surface area (Å²) in [5.74, 6) is 0.725. The van der Waals surface area contributed by atoms with Crippen molar-refractivity contribution in [1.29, 1.82) is 0 Å². The van der Waals surface area contributed by atoms with Gasteiger partial charge in [-0.25, -0.2) is 0 Å². The molecule has 2 unspecified atom stereocenters. The molecule has 1 fully saturated rings. The molecule has 1 aliphatic heterocycles. The first-order valence-corrected chi connectivity index (χ1v) is 9.30. The predicted molar refractivity (Wildman–Crippen MR) is 97.1 cm³/mol. The Labute approximate surface area is 149 Å². The predicted octanol–water partition coefficient (Wildman–Crippen LogP) is 4.33. The van der Waals surface area contributed by atoms with E-state index >= 15 is 0 Å². The molecular formula is C21H27NO3. The van der Waals surface area contributed by atoms with Gasteiger partial charge in [-0.3, -0.25) is 4.79 Å². The van der Waals surface area contributed by atoms with Gasteiger partial charge in [0.05, 0.1) is 6.26 Å². The quantitative estimate of drug-likeness (QED) is 0.488. The molecule has 1 amide bonds. The van der Waals surface area contributed by atoms with Crippen LogP contribution in [-0.4, -0.2) is 12.0 Å². The van der Waals surface area contributed by atoms with E-state index in [2.05, 4.69) is 18.2 Å². The van der Waals surface area contributed by atoms with E-state index in [-0.39, 0.29) is 12.0 Å². The van der Waals surface area contributed by atoms with Gasteiger partial charge in [0.25, 0.3) is 0 Å². The highest BCUT2D eigenvalue weighted by Gasteiger charge is 2.45. The lowest BCUT2D eigenvalue weighted by Crippen LogP contribution is -2.18. The summed E-state index contributed by atoms with van der Waals surface area (Å²) in [5, 5.41) is 0. The van der Waals surface area contributed by atoms with Gasteiger partial charge in [-0.2, -0.15) is 0 Å². The number of ether oxygens (including phenoxy) is 1. The molecular weight excluding hydrogens is 314 g/mol. The number of unbranched alkanes of at least 4 members (excludes halogenated alkanes) is 5. The summed E-state index contributed by atoms with van der Waals surface area (Å²) in [7, 11) is 0. The Morgan fingerprint density at radius 3 is 2.32 bits per heavy atom. The van der Waals surface area contributed by atoms with Crippen molar-refractivity contribution in [3.63, 3.8) is 0 Å². The molecule has 0 saturated carbocycles.